The zero-order valence-electron chi connectivity index (χ0n) is 15.0. The monoisotopic (exact) mass is 399 g/mol. The molecule has 6 nitrogen and oxygen atoms in total. The van der Waals surface area contributed by atoms with E-state index in [1.807, 2.05) is 59.6 Å². The highest BCUT2D eigenvalue weighted by atomic mass is 32.2. The lowest BCUT2D eigenvalue weighted by Crippen LogP contribution is -2.40. The minimum atomic E-state index is -0.0457. The lowest BCUT2D eigenvalue weighted by atomic mass is 9.97. The Kier molecular flexibility index (Phi) is 5.45. The first-order chi connectivity index (χ1) is 13.2. The molecule has 0 saturated carbocycles. The van der Waals surface area contributed by atoms with E-state index in [9.17, 15) is 4.79 Å². The van der Waals surface area contributed by atoms with Crippen molar-refractivity contribution in [2.75, 3.05) is 29.6 Å². The summed E-state index contributed by atoms with van der Waals surface area (Å²) in [5, 5.41) is 13.4. The van der Waals surface area contributed by atoms with Gasteiger partial charge >= 0.3 is 0 Å². The SMILES string of the molecule is CSc1cccc(NC(=O)C2CCCN(c3nnc(-n4cccc4)s3)C2)c1. The predicted octanol–water partition coefficient (Wildman–Crippen LogP) is 3.91. The molecule has 0 spiro atoms. The van der Waals surface area contributed by atoms with Crippen LogP contribution in [0.15, 0.2) is 53.7 Å². The summed E-state index contributed by atoms with van der Waals surface area (Å²) < 4.78 is 1.95. The van der Waals surface area contributed by atoms with Gasteiger partial charge in [-0.15, -0.1) is 22.0 Å². The summed E-state index contributed by atoms with van der Waals surface area (Å²) in [5.41, 5.74) is 0.856. The molecule has 0 aliphatic carbocycles. The van der Waals surface area contributed by atoms with Crippen LogP contribution in [0.1, 0.15) is 12.8 Å². The molecule has 0 radical (unpaired) electrons. The Morgan fingerprint density at radius 2 is 2.04 bits per heavy atom. The lowest BCUT2D eigenvalue weighted by molar-refractivity contribution is -0.120. The van der Waals surface area contributed by atoms with E-state index in [-0.39, 0.29) is 11.8 Å². The van der Waals surface area contributed by atoms with Crippen LogP contribution < -0.4 is 10.2 Å². The van der Waals surface area contributed by atoms with Gasteiger partial charge in [-0.2, -0.15) is 0 Å². The molecule has 8 heteroatoms. The summed E-state index contributed by atoms with van der Waals surface area (Å²) in [6.45, 7) is 1.58. The van der Waals surface area contributed by atoms with Crippen LogP contribution in [-0.2, 0) is 4.79 Å². The number of rotatable bonds is 5. The van der Waals surface area contributed by atoms with Gasteiger partial charge in [-0.3, -0.25) is 9.36 Å². The Balaban J connectivity index is 1.42. The van der Waals surface area contributed by atoms with Crippen LogP contribution >= 0.6 is 23.1 Å². The van der Waals surface area contributed by atoms with E-state index in [0.29, 0.717) is 6.54 Å². The second-order valence-electron chi connectivity index (χ2n) is 6.46. The molecule has 27 heavy (non-hydrogen) atoms. The van der Waals surface area contributed by atoms with Gasteiger partial charge in [-0.05, 0) is 49.4 Å². The Hall–Kier alpha value is -2.32. The number of hydrogen-bond acceptors (Lipinski definition) is 6. The molecule has 3 aromatic rings. The van der Waals surface area contributed by atoms with Gasteiger partial charge in [0, 0.05) is 36.1 Å². The molecule has 1 amide bonds. The second-order valence-corrected chi connectivity index (χ2v) is 8.28. The minimum absolute atomic E-state index is 0.0457. The Labute approximate surface area is 166 Å². The van der Waals surface area contributed by atoms with Crippen molar-refractivity contribution in [3.63, 3.8) is 0 Å². The van der Waals surface area contributed by atoms with Crippen LogP contribution in [0.3, 0.4) is 0 Å². The summed E-state index contributed by atoms with van der Waals surface area (Å²) in [6.07, 6.45) is 7.82. The average molecular weight is 400 g/mol. The van der Waals surface area contributed by atoms with Crippen molar-refractivity contribution in [3.05, 3.63) is 48.8 Å². The first-order valence-electron chi connectivity index (χ1n) is 8.89. The van der Waals surface area contributed by atoms with Crippen molar-refractivity contribution < 1.29 is 4.79 Å². The van der Waals surface area contributed by atoms with Crippen molar-refractivity contribution in [1.29, 1.82) is 0 Å². The molecule has 4 rings (SSSR count). The molecule has 0 bridgehead atoms. The van der Waals surface area contributed by atoms with Gasteiger partial charge in [0.1, 0.15) is 0 Å². The number of hydrogen-bond donors (Lipinski definition) is 1. The summed E-state index contributed by atoms with van der Waals surface area (Å²) >= 11 is 3.22. The fraction of sp³-hybridized carbons (Fsp3) is 0.316. The van der Waals surface area contributed by atoms with E-state index in [1.54, 1.807) is 23.1 Å². The van der Waals surface area contributed by atoms with Gasteiger partial charge in [0.15, 0.2) is 0 Å². The van der Waals surface area contributed by atoms with Crippen molar-refractivity contribution in [2.24, 2.45) is 5.92 Å². The molecule has 2 aromatic heterocycles. The van der Waals surface area contributed by atoms with E-state index in [4.69, 9.17) is 0 Å². The van der Waals surface area contributed by atoms with Gasteiger partial charge in [0.25, 0.3) is 0 Å². The molecular weight excluding hydrogens is 378 g/mol. The standard InChI is InChI=1S/C19H21N5OS2/c1-26-16-8-4-7-15(12-16)20-17(25)14-6-5-11-24(13-14)19-22-21-18(27-19)23-9-2-3-10-23/h2-4,7-10,12,14H,5-6,11,13H2,1H3,(H,20,25). The third kappa shape index (κ3) is 4.17. The van der Waals surface area contributed by atoms with Crippen LogP contribution in [0.25, 0.3) is 5.13 Å². The van der Waals surface area contributed by atoms with Gasteiger partial charge in [-0.1, -0.05) is 17.4 Å². The van der Waals surface area contributed by atoms with Crippen molar-refractivity contribution in [3.8, 4) is 5.13 Å². The van der Waals surface area contributed by atoms with Gasteiger partial charge < -0.3 is 10.2 Å². The highest BCUT2D eigenvalue weighted by molar-refractivity contribution is 7.98. The number of nitrogens with one attached hydrogen (secondary N) is 1. The highest BCUT2D eigenvalue weighted by Gasteiger charge is 2.28. The Morgan fingerprint density at radius 1 is 1.22 bits per heavy atom. The molecule has 1 fully saturated rings. The molecule has 1 N–H and O–H groups in total. The lowest BCUT2D eigenvalue weighted by Gasteiger charge is -2.31. The first-order valence-corrected chi connectivity index (χ1v) is 10.9. The van der Waals surface area contributed by atoms with Crippen LogP contribution in [-0.4, -0.2) is 40.0 Å². The van der Waals surface area contributed by atoms with Crippen molar-refractivity contribution in [2.45, 2.75) is 17.7 Å². The van der Waals surface area contributed by atoms with Crippen LogP contribution in [0.4, 0.5) is 10.8 Å². The first kappa shape index (κ1) is 18.1. The number of carbonyl (C=O) groups excluding carboxylic acids is 1. The summed E-state index contributed by atoms with van der Waals surface area (Å²) in [5.74, 6) is 0.0312. The van der Waals surface area contributed by atoms with Gasteiger partial charge in [0.2, 0.25) is 16.2 Å². The topological polar surface area (TPSA) is 63.1 Å². The fourth-order valence-corrected chi connectivity index (χ4v) is 4.52. The fourth-order valence-electron chi connectivity index (χ4n) is 3.21. The number of benzene rings is 1. The second kappa shape index (κ2) is 8.14. The molecular formula is C19H21N5OS2. The largest absolute Gasteiger partial charge is 0.346 e. The number of amides is 1. The van der Waals surface area contributed by atoms with Crippen molar-refractivity contribution >= 4 is 39.8 Å². The quantitative estimate of drug-likeness (QED) is 0.659. The maximum atomic E-state index is 12.8. The highest BCUT2D eigenvalue weighted by Crippen LogP contribution is 2.28. The summed E-state index contributed by atoms with van der Waals surface area (Å²) in [4.78, 5) is 16.1. The molecule has 1 aliphatic heterocycles. The maximum Gasteiger partial charge on any atom is 0.229 e. The van der Waals surface area contributed by atoms with E-state index in [0.717, 1.165) is 40.2 Å². The van der Waals surface area contributed by atoms with Crippen LogP contribution in [0.5, 0.6) is 0 Å². The van der Waals surface area contributed by atoms with Crippen LogP contribution in [0, 0.1) is 5.92 Å². The molecule has 1 aliphatic rings. The smallest absolute Gasteiger partial charge is 0.229 e. The molecule has 1 unspecified atom stereocenters. The molecule has 1 atom stereocenters. The molecule has 1 aromatic carbocycles. The third-order valence-electron chi connectivity index (χ3n) is 4.63. The van der Waals surface area contributed by atoms with E-state index >= 15 is 0 Å². The minimum Gasteiger partial charge on any atom is -0.346 e. The number of anilines is 2. The zero-order valence-corrected chi connectivity index (χ0v) is 16.7. The normalized spacial score (nSPS) is 17.1. The maximum absolute atomic E-state index is 12.8. The van der Waals surface area contributed by atoms with E-state index in [2.05, 4.69) is 20.4 Å². The van der Waals surface area contributed by atoms with Crippen molar-refractivity contribution in [1.82, 2.24) is 14.8 Å². The number of nitrogens with zero attached hydrogens (tertiary/aromatic N) is 4. The number of aromatic nitrogens is 3. The average Bonchev–Trinajstić information content (AvgIpc) is 3.40. The van der Waals surface area contributed by atoms with Gasteiger partial charge in [0.05, 0.1) is 5.92 Å². The molecule has 3 heterocycles. The number of carbonyl (C=O) groups is 1. The molecule has 140 valence electrons. The van der Waals surface area contributed by atoms with Gasteiger partial charge in [-0.25, -0.2) is 0 Å². The third-order valence-corrected chi connectivity index (χ3v) is 6.35. The van der Waals surface area contributed by atoms with E-state index in [1.165, 1.54) is 0 Å². The number of piperidine rings is 1. The molecule has 1 saturated heterocycles. The summed E-state index contributed by atoms with van der Waals surface area (Å²) in [7, 11) is 0. The predicted molar refractivity (Wildman–Crippen MR) is 111 cm³/mol. The Morgan fingerprint density at radius 3 is 2.85 bits per heavy atom. The summed E-state index contributed by atoms with van der Waals surface area (Å²) in [6, 6.07) is 11.9. The number of thioether (sulfide) groups is 1. The van der Waals surface area contributed by atoms with E-state index < -0.39 is 0 Å². The Bertz CT molecular complexity index is 908. The zero-order chi connectivity index (χ0) is 18.6. The van der Waals surface area contributed by atoms with Crippen LogP contribution in [0.2, 0.25) is 0 Å².